The van der Waals surface area contributed by atoms with Gasteiger partial charge in [-0.25, -0.2) is 13.6 Å². The molecule has 8 nitrogen and oxygen atoms in total. The smallest absolute Gasteiger partial charge is 0.466 e. The van der Waals surface area contributed by atoms with Crippen molar-refractivity contribution in [1.82, 2.24) is 5.32 Å². The molecule has 1 N–H and O–H groups in total. The molecule has 0 saturated heterocycles. The van der Waals surface area contributed by atoms with Gasteiger partial charge in [-0.1, -0.05) is 6.07 Å². The highest BCUT2D eigenvalue weighted by Crippen LogP contribution is 2.39. The molecular weight excluding hydrogens is 541 g/mol. The van der Waals surface area contributed by atoms with Gasteiger partial charge < -0.3 is 19.0 Å². The predicted molar refractivity (Wildman–Crippen MR) is 125 cm³/mol. The molecule has 210 valence electrons. The van der Waals surface area contributed by atoms with Crippen molar-refractivity contribution in [2.75, 3.05) is 6.61 Å². The molecule has 0 aliphatic carbocycles. The lowest BCUT2D eigenvalue weighted by Gasteiger charge is -2.24. The molecule has 0 bridgehead atoms. The first-order valence-corrected chi connectivity index (χ1v) is 12.5. The van der Waals surface area contributed by atoms with Crippen LogP contribution in [-0.2, 0) is 24.4 Å². The number of carbonyl (C=O) groups is 2. The van der Waals surface area contributed by atoms with Crippen LogP contribution in [0.1, 0.15) is 51.3 Å². The summed E-state index contributed by atoms with van der Waals surface area (Å²) in [6.07, 6.45) is -1.56. The maximum atomic E-state index is 15.0. The molecule has 14 heteroatoms. The maximum Gasteiger partial charge on any atom is 0.534 e. The molecule has 0 aliphatic heterocycles. The second-order valence-electron chi connectivity index (χ2n) is 9.02. The Balaban J connectivity index is 2.65. The van der Waals surface area contributed by atoms with Crippen molar-refractivity contribution < 1.29 is 53.6 Å². The van der Waals surface area contributed by atoms with Crippen molar-refractivity contribution in [1.29, 1.82) is 0 Å². The van der Waals surface area contributed by atoms with E-state index >= 15 is 0 Å². The van der Waals surface area contributed by atoms with E-state index in [2.05, 4.69) is 9.50 Å². The van der Waals surface area contributed by atoms with Gasteiger partial charge >= 0.3 is 27.7 Å². The zero-order valence-corrected chi connectivity index (χ0v) is 21.9. The molecular formula is C24H26F5NO7S. The van der Waals surface area contributed by atoms with Gasteiger partial charge in [0.1, 0.15) is 17.2 Å². The number of benzene rings is 2. The molecule has 2 rings (SSSR count). The minimum atomic E-state index is -6.18. The standard InChI is InChI=1S/C24H26F5NO7S/c1-6-35-20(31)12-18(30-22(32)36-23(3,4)5)16-10-14(7-8-17(16)26)21-13(2)9-15(25)11-19(21)37-38(33,34)24(27,28)29/h7-11,18H,6,12H2,1-5H3,(H,30,32)/t18-/m0/s1. The number of alkyl carbamates (subject to hydrolysis) is 1. The largest absolute Gasteiger partial charge is 0.534 e. The van der Waals surface area contributed by atoms with E-state index in [0.717, 1.165) is 24.3 Å². The Morgan fingerprint density at radius 3 is 2.24 bits per heavy atom. The number of carbonyl (C=O) groups excluding carboxylic acids is 2. The van der Waals surface area contributed by atoms with Crippen LogP contribution in [0.2, 0.25) is 0 Å². The first-order valence-electron chi connectivity index (χ1n) is 11.1. The Morgan fingerprint density at radius 2 is 1.68 bits per heavy atom. The normalized spacial score (nSPS) is 13.0. The van der Waals surface area contributed by atoms with Crippen LogP contribution in [0.4, 0.5) is 26.7 Å². The molecule has 0 fully saturated rings. The zero-order valence-electron chi connectivity index (χ0n) is 21.0. The van der Waals surface area contributed by atoms with Gasteiger partial charge in [0.25, 0.3) is 0 Å². The third-order valence-corrected chi connectivity index (χ3v) is 5.74. The summed E-state index contributed by atoms with van der Waals surface area (Å²) in [4.78, 5) is 24.6. The Kier molecular flexibility index (Phi) is 9.35. The van der Waals surface area contributed by atoms with Gasteiger partial charge in [0.15, 0.2) is 5.75 Å². The summed E-state index contributed by atoms with van der Waals surface area (Å²) >= 11 is 0. The summed E-state index contributed by atoms with van der Waals surface area (Å²) in [6.45, 7) is 7.50. The molecule has 2 aromatic carbocycles. The van der Waals surface area contributed by atoms with E-state index in [-0.39, 0.29) is 28.9 Å². The Bertz CT molecular complexity index is 1300. The summed E-state index contributed by atoms with van der Waals surface area (Å²) in [7, 11) is -6.18. The van der Waals surface area contributed by atoms with Crippen molar-refractivity contribution in [3.8, 4) is 16.9 Å². The molecule has 0 spiro atoms. The van der Waals surface area contributed by atoms with E-state index < -0.39 is 63.1 Å². The van der Waals surface area contributed by atoms with Gasteiger partial charge in [0.05, 0.1) is 19.1 Å². The number of hydrogen-bond donors (Lipinski definition) is 1. The van der Waals surface area contributed by atoms with Crippen molar-refractivity contribution in [2.24, 2.45) is 0 Å². The summed E-state index contributed by atoms with van der Waals surface area (Å²) in [5.41, 5.74) is -7.49. The van der Waals surface area contributed by atoms with Crippen LogP contribution in [0, 0.1) is 18.6 Å². The lowest BCUT2D eigenvalue weighted by molar-refractivity contribution is -0.143. The number of esters is 1. The molecule has 0 radical (unpaired) electrons. The van der Waals surface area contributed by atoms with E-state index in [1.165, 1.54) is 13.8 Å². The second-order valence-corrected chi connectivity index (χ2v) is 10.6. The van der Waals surface area contributed by atoms with E-state index in [9.17, 15) is 40.0 Å². The molecule has 0 unspecified atom stereocenters. The Morgan fingerprint density at radius 1 is 1.05 bits per heavy atom. The van der Waals surface area contributed by atoms with Gasteiger partial charge in [0, 0.05) is 17.2 Å². The molecule has 38 heavy (non-hydrogen) atoms. The van der Waals surface area contributed by atoms with Gasteiger partial charge in [-0.05, 0) is 63.9 Å². The van der Waals surface area contributed by atoms with E-state index in [0.29, 0.717) is 6.07 Å². The molecule has 0 heterocycles. The van der Waals surface area contributed by atoms with Gasteiger partial charge in [-0.2, -0.15) is 21.6 Å². The highest BCUT2D eigenvalue weighted by molar-refractivity contribution is 7.88. The van der Waals surface area contributed by atoms with E-state index in [1.807, 2.05) is 0 Å². The lowest BCUT2D eigenvalue weighted by atomic mass is 9.94. The quantitative estimate of drug-likeness (QED) is 0.189. The molecule has 1 atom stereocenters. The number of amides is 1. The third-order valence-electron chi connectivity index (χ3n) is 4.77. The number of rotatable bonds is 8. The second kappa shape index (κ2) is 11.5. The van der Waals surface area contributed by atoms with Crippen molar-refractivity contribution in [2.45, 2.75) is 58.2 Å². The molecule has 0 aliphatic rings. The average molecular weight is 568 g/mol. The van der Waals surface area contributed by atoms with Gasteiger partial charge in [0.2, 0.25) is 0 Å². The topological polar surface area (TPSA) is 108 Å². The number of halogens is 5. The fraction of sp³-hybridized carbons (Fsp3) is 0.417. The minimum Gasteiger partial charge on any atom is -0.466 e. The Labute approximate surface area is 216 Å². The SMILES string of the molecule is CCOC(=O)C[C@H](NC(=O)OC(C)(C)C)c1cc(-c2c(C)cc(F)cc2OS(=O)(=O)C(F)(F)F)ccc1F. The Hall–Kier alpha value is -3.42. The minimum absolute atomic E-state index is 0.0103. The van der Waals surface area contributed by atoms with Crippen LogP contribution in [0.25, 0.3) is 11.1 Å². The number of alkyl halides is 3. The maximum absolute atomic E-state index is 15.0. The van der Waals surface area contributed by atoms with Gasteiger partial charge in [-0.15, -0.1) is 0 Å². The summed E-state index contributed by atoms with van der Waals surface area (Å²) < 4.78 is 105. The molecule has 0 aromatic heterocycles. The average Bonchev–Trinajstić information content (AvgIpc) is 2.71. The zero-order chi connectivity index (χ0) is 29.1. The predicted octanol–water partition coefficient (Wildman–Crippen LogP) is 5.69. The first-order chi connectivity index (χ1) is 17.3. The van der Waals surface area contributed by atoms with Crippen molar-refractivity contribution >= 4 is 22.2 Å². The fourth-order valence-electron chi connectivity index (χ4n) is 3.35. The van der Waals surface area contributed by atoms with Crippen LogP contribution in [0.5, 0.6) is 5.75 Å². The van der Waals surface area contributed by atoms with Gasteiger partial charge in [-0.3, -0.25) is 4.79 Å². The fourth-order valence-corrected chi connectivity index (χ4v) is 3.82. The van der Waals surface area contributed by atoms with E-state index in [1.54, 1.807) is 20.8 Å². The van der Waals surface area contributed by atoms with Crippen molar-refractivity contribution in [3.63, 3.8) is 0 Å². The number of ether oxygens (including phenoxy) is 2. The van der Waals surface area contributed by atoms with Crippen LogP contribution >= 0.6 is 0 Å². The molecule has 1 amide bonds. The third kappa shape index (κ3) is 8.04. The summed E-state index contributed by atoms with van der Waals surface area (Å²) in [6, 6.07) is 2.99. The highest BCUT2D eigenvalue weighted by Gasteiger charge is 2.49. The van der Waals surface area contributed by atoms with Crippen LogP contribution in [0.3, 0.4) is 0 Å². The molecule has 0 saturated carbocycles. The lowest BCUT2D eigenvalue weighted by Crippen LogP contribution is -2.36. The molecule has 2 aromatic rings. The van der Waals surface area contributed by atoms with E-state index in [4.69, 9.17) is 9.47 Å². The van der Waals surface area contributed by atoms with Crippen LogP contribution < -0.4 is 9.50 Å². The first kappa shape index (κ1) is 30.8. The number of aryl methyl sites for hydroxylation is 1. The van der Waals surface area contributed by atoms with Crippen LogP contribution in [-0.4, -0.2) is 38.2 Å². The number of nitrogens with one attached hydrogen (secondary N) is 1. The monoisotopic (exact) mass is 567 g/mol. The number of hydrogen-bond acceptors (Lipinski definition) is 7. The summed E-state index contributed by atoms with van der Waals surface area (Å²) in [5.74, 6) is -3.83. The van der Waals surface area contributed by atoms with Crippen LogP contribution in [0.15, 0.2) is 30.3 Å². The highest BCUT2D eigenvalue weighted by atomic mass is 32.2. The summed E-state index contributed by atoms with van der Waals surface area (Å²) in [5, 5.41) is 2.36. The van der Waals surface area contributed by atoms with Crippen molar-refractivity contribution in [3.05, 3.63) is 53.1 Å².